The zero-order valence-electron chi connectivity index (χ0n) is 3.78. The third-order valence-corrected chi connectivity index (χ3v) is 0.408. The van der Waals surface area contributed by atoms with Crippen LogP contribution in [0.3, 0.4) is 0 Å². The smallest absolute Gasteiger partial charge is 0.137 e. The molecule has 0 unspecified atom stereocenters. The lowest BCUT2D eigenvalue weighted by atomic mass is 11.2. The van der Waals surface area contributed by atoms with Crippen LogP contribution in [0.25, 0.3) is 0 Å². The minimum atomic E-state index is 0. The predicted molar refractivity (Wildman–Crippen MR) is 30.0 cm³/mol. The highest BCUT2D eigenvalue weighted by Gasteiger charge is 1.59. The van der Waals surface area contributed by atoms with Gasteiger partial charge in [-0.1, -0.05) is 7.43 Å². The summed E-state index contributed by atoms with van der Waals surface area (Å²) in [7, 11) is 0. The fourth-order valence-electron chi connectivity index (χ4n) is 0.204. The Morgan fingerprint density at radius 2 is 2.17 bits per heavy atom. The Morgan fingerprint density at radius 1 is 1.67 bits per heavy atom. The Morgan fingerprint density at radius 3 is 2.17 bits per heavy atom. The standard InChI is InChI=1S/C4H9N.CH4/c1-3-5-4-2;/h3H,4H2,1-2H3;1H4/p+1/i1+1,2+1,4+1;1+1. The van der Waals surface area contributed by atoms with Crippen LogP contribution < -0.4 is 4.99 Å². The molecular weight excluding hydrogens is 78.0 g/mol. The van der Waals surface area contributed by atoms with E-state index in [0.717, 1.165) is 6.54 Å². The lowest BCUT2D eigenvalue weighted by Gasteiger charge is -1.60. The third-order valence-electron chi connectivity index (χ3n) is 0.408. The predicted octanol–water partition coefficient (Wildman–Crippen LogP) is -0.186. The van der Waals surface area contributed by atoms with Crippen molar-refractivity contribution in [3.05, 3.63) is 0 Å². The number of hydrogen-bond acceptors (Lipinski definition) is 0. The van der Waals surface area contributed by atoms with Gasteiger partial charge in [0.05, 0.1) is 0 Å². The first-order valence-electron chi connectivity index (χ1n) is 1.93. The van der Waals surface area contributed by atoms with Crippen molar-refractivity contribution in [3.63, 3.8) is 0 Å². The molecule has 0 spiro atoms. The van der Waals surface area contributed by atoms with Gasteiger partial charge in [-0.25, -0.2) is 0 Å². The Kier molecular flexibility index (Phi) is 13.5. The molecule has 0 amide bonds. The molecule has 0 atom stereocenters. The minimum absolute atomic E-state index is 0. The van der Waals surface area contributed by atoms with Crippen molar-refractivity contribution < 1.29 is 4.99 Å². The van der Waals surface area contributed by atoms with Crippen LogP contribution in [0.4, 0.5) is 0 Å². The summed E-state index contributed by atoms with van der Waals surface area (Å²) < 4.78 is 0. The molecule has 0 saturated carbocycles. The van der Waals surface area contributed by atoms with Crippen LogP contribution >= 0.6 is 0 Å². The van der Waals surface area contributed by atoms with Crippen LogP contribution in [-0.2, 0) is 0 Å². The molecule has 0 aliphatic heterocycles. The van der Waals surface area contributed by atoms with Crippen molar-refractivity contribution in [3.8, 4) is 0 Å². The van der Waals surface area contributed by atoms with E-state index < -0.39 is 0 Å². The van der Waals surface area contributed by atoms with Crippen molar-refractivity contribution >= 4 is 6.21 Å². The van der Waals surface area contributed by atoms with Crippen LogP contribution in [-0.4, -0.2) is 12.8 Å². The molecule has 0 saturated heterocycles. The fourth-order valence-corrected chi connectivity index (χ4v) is 0.204. The van der Waals surface area contributed by atoms with Gasteiger partial charge in [0.25, 0.3) is 0 Å². The Bertz CT molecular complexity index is 30.9. The molecule has 1 heteroatoms. The molecule has 0 heterocycles. The molecule has 0 aromatic carbocycles. The summed E-state index contributed by atoms with van der Waals surface area (Å²) in [5, 5.41) is 0. The number of nitrogens with one attached hydrogen (secondary N) is 1. The van der Waals surface area contributed by atoms with E-state index in [4.69, 9.17) is 0 Å². The average Bonchev–Trinajstić information content (AvgIpc) is 1.41. The zero-order chi connectivity index (χ0) is 4.12. The second-order valence-corrected chi connectivity index (χ2v) is 0.846. The first kappa shape index (κ1) is 9.18. The monoisotopic (exact) mass is 92.1 g/mol. The molecular formula is C5H14N+. The van der Waals surface area contributed by atoms with Gasteiger partial charge in [0.15, 0.2) is 0 Å². The van der Waals surface area contributed by atoms with E-state index in [9.17, 15) is 0 Å². The van der Waals surface area contributed by atoms with Gasteiger partial charge in [0.2, 0.25) is 0 Å². The molecule has 0 fully saturated rings. The van der Waals surface area contributed by atoms with Crippen molar-refractivity contribution in [2.24, 2.45) is 0 Å². The second-order valence-electron chi connectivity index (χ2n) is 0.846. The molecule has 1 nitrogen and oxygen atoms in total. The molecule has 0 radical (unpaired) electrons. The number of hydrogen-bond donors (Lipinski definition) is 1. The molecule has 0 aromatic rings. The average molecular weight is 92.1 g/mol. The van der Waals surface area contributed by atoms with E-state index in [0.29, 0.717) is 0 Å². The van der Waals surface area contributed by atoms with Gasteiger partial charge in [-0.15, -0.1) is 0 Å². The van der Waals surface area contributed by atoms with Crippen molar-refractivity contribution in [1.82, 2.24) is 0 Å². The summed E-state index contributed by atoms with van der Waals surface area (Å²) in [5.41, 5.74) is 0. The summed E-state index contributed by atoms with van der Waals surface area (Å²) >= 11 is 0. The lowest BCUT2D eigenvalue weighted by molar-refractivity contribution is -0.447. The lowest BCUT2D eigenvalue weighted by Crippen LogP contribution is -2.67. The van der Waals surface area contributed by atoms with Crippen LogP contribution in [0.1, 0.15) is 21.3 Å². The molecule has 0 aromatic heterocycles. The van der Waals surface area contributed by atoms with Gasteiger partial charge in [-0.2, -0.15) is 0 Å². The highest BCUT2D eigenvalue weighted by Crippen LogP contribution is 1.20. The second kappa shape index (κ2) is 8.82. The summed E-state index contributed by atoms with van der Waals surface area (Å²) in [4.78, 5) is 2.99. The summed E-state index contributed by atoms with van der Waals surface area (Å²) in [6, 6.07) is 0. The van der Waals surface area contributed by atoms with Gasteiger partial charge < -0.3 is 0 Å². The van der Waals surface area contributed by atoms with E-state index in [-0.39, 0.29) is 7.43 Å². The Balaban J connectivity index is 0. The van der Waals surface area contributed by atoms with Crippen molar-refractivity contribution in [2.45, 2.75) is 21.3 Å². The third kappa shape index (κ3) is 9.38. The molecule has 0 rings (SSSR count). The van der Waals surface area contributed by atoms with Crippen LogP contribution in [0, 0.1) is 0 Å². The Labute approximate surface area is 40.1 Å². The zero-order valence-corrected chi connectivity index (χ0v) is 3.78. The van der Waals surface area contributed by atoms with Crippen molar-refractivity contribution in [2.75, 3.05) is 6.54 Å². The van der Waals surface area contributed by atoms with Crippen LogP contribution in [0.15, 0.2) is 0 Å². The van der Waals surface area contributed by atoms with Crippen LogP contribution in [0.5, 0.6) is 0 Å². The van der Waals surface area contributed by atoms with Crippen molar-refractivity contribution in [1.29, 1.82) is 0 Å². The fraction of sp³-hybridized carbons (Fsp3) is 0.800. The van der Waals surface area contributed by atoms with E-state index in [1.807, 2.05) is 13.1 Å². The van der Waals surface area contributed by atoms with Gasteiger partial charge in [-0.05, 0) is 6.92 Å². The van der Waals surface area contributed by atoms with Gasteiger partial charge in [0.1, 0.15) is 12.8 Å². The maximum absolute atomic E-state index is 2.99. The van der Waals surface area contributed by atoms with E-state index in [1.54, 1.807) is 0 Å². The van der Waals surface area contributed by atoms with Gasteiger partial charge in [-0.3, -0.25) is 4.99 Å². The van der Waals surface area contributed by atoms with E-state index in [1.165, 1.54) is 0 Å². The quantitative estimate of drug-likeness (QED) is 0.340. The largest absolute Gasteiger partial charge is 0.252 e. The number of rotatable bonds is 1. The summed E-state index contributed by atoms with van der Waals surface area (Å²) in [6.45, 7) is 5.08. The summed E-state index contributed by atoms with van der Waals surface area (Å²) in [6.07, 6.45) is 1.93. The Hall–Kier alpha value is -0.330. The first-order chi connectivity index (χ1) is 2.41. The molecule has 0 bridgehead atoms. The maximum atomic E-state index is 2.99. The minimum Gasteiger partial charge on any atom is -0.252 e. The van der Waals surface area contributed by atoms with Gasteiger partial charge in [0, 0.05) is 6.92 Å². The summed E-state index contributed by atoms with van der Waals surface area (Å²) in [5.74, 6) is 0. The highest BCUT2D eigenvalue weighted by atomic mass is 14.9. The van der Waals surface area contributed by atoms with E-state index in [2.05, 4.69) is 11.9 Å². The maximum Gasteiger partial charge on any atom is 0.137 e. The molecule has 38 valence electrons. The van der Waals surface area contributed by atoms with E-state index >= 15 is 0 Å². The molecule has 1 N–H and O–H groups in total. The first-order valence-corrected chi connectivity index (χ1v) is 1.93. The topological polar surface area (TPSA) is 14.0 Å². The highest BCUT2D eigenvalue weighted by molar-refractivity contribution is 5.45. The molecule has 0 aliphatic carbocycles. The van der Waals surface area contributed by atoms with Crippen LogP contribution in [0.2, 0.25) is 0 Å². The van der Waals surface area contributed by atoms with Gasteiger partial charge >= 0.3 is 0 Å². The SMILES string of the molecule is [13CH3]C=[NH+][13CH2][13CH3].[13CH4]. The normalized spacial score (nSPS) is 8.33. The molecule has 0 aliphatic rings. The molecule has 6 heavy (non-hydrogen) atoms.